The molecule has 0 N–H and O–H groups in total. The predicted molar refractivity (Wildman–Crippen MR) is 55.8 cm³/mol. The van der Waals surface area contributed by atoms with Gasteiger partial charge in [0.1, 0.15) is 0 Å². The number of benzene rings is 1. The highest BCUT2D eigenvalue weighted by Crippen LogP contribution is 2.03. The van der Waals surface area contributed by atoms with Crippen molar-refractivity contribution in [1.82, 2.24) is 0 Å². The van der Waals surface area contributed by atoms with Crippen LogP contribution in [0.4, 0.5) is 0 Å². The second-order valence-electron chi connectivity index (χ2n) is 2.37. The number of hydrogen-bond acceptors (Lipinski definition) is 1. The van der Waals surface area contributed by atoms with Crippen molar-refractivity contribution >= 4 is 6.72 Å². The number of aryl methyl sites for hydroxylation is 1. The van der Waals surface area contributed by atoms with Gasteiger partial charge in [-0.25, -0.2) is 0 Å². The molecule has 0 unspecified atom stereocenters. The van der Waals surface area contributed by atoms with Crippen LogP contribution >= 0.6 is 0 Å². The predicted octanol–water partition coefficient (Wildman–Crippen LogP) is 3.22. The topological polar surface area (TPSA) is 12.4 Å². The van der Waals surface area contributed by atoms with E-state index in [-0.39, 0.29) is 0 Å². The Morgan fingerprint density at radius 3 is 2.08 bits per heavy atom. The summed E-state index contributed by atoms with van der Waals surface area (Å²) in [6.07, 6.45) is 0. The first-order valence-corrected chi connectivity index (χ1v) is 4.31. The minimum atomic E-state index is 0.722. The van der Waals surface area contributed by atoms with Crippen molar-refractivity contribution in [2.45, 2.75) is 27.3 Å². The molecule has 0 heterocycles. The Kier molecular flexibility index (Phi) is 5.98. The Balaban J connectivity index is 0.000000561. The summed E-state index contributed by atoms with van der Waals surface area (Å²) in [6, 6.07) is 8.31. The van der Waals surface area contributed by atoms with Crippen LogP contribution in [0.15, 0.2) is 29.3 Å². The van der Waals surface area contributed by atoms with Gasteiger partial charge in [0.25, 0.3) is 0 Å². The van der Waals surface area contributed by atoms with Gasteiger partial charge < -0.3 is 0 Å². The van der Waals surface area contributed by atoms with E-state index in [1.807, 2.05) is 13.8 Å². The molecule has 0 bridgehead atoms. The fraction of sp³-hybridized carbons (Fsp3) is 0.364. The first kappa shape index (κ1) is 10.9. The van der Waals surface area contributed by atoms with Gasteiger partial charge in [-0.1, -0.05) is 43.7 Å². The summed E-state index contributed by atoms with van der Waals surface area (Å²) in [5, 5.41) is 0. The average molecular weight is 163 g/mol. The fourth-order valence-corrected chi connectivity index (χ4v) is 0.823. The second kappa shape index (κ2) is 6.59. The maximum atomic E-state index is 3.79. The summed E-state index contributed by atoms with van der Waals surface area (Å²) in [6.45, 7) is 10.2. The Labute approximate surface area is 75.2 Å². The van der Waals surface area contributed by atoms with Crippen molar-refractivity contribution < 1.29 is 0 Å². The van der Waals surface area contributed by atoms with Gasteiger partial charge in [0.2, 0.25) is 0 Å². The van der Waals surface area contributed by atoms with Crippen molar-refractivity contribution in [2.24, 2.45) is 4.99 Å². The minimum absolute atomic E-state index is 0.722. The summed E-state index contributed by atoms with van der Waals surface area (Å²) in [5.74, 6) is 0. The lowest BCUT2D eigenvalue weighted by Crippen LogP contribution is -1.79. The van der Waals surface area contributed by atoms with Crippen LogP contribution in [0, 0.1) is 6.92 Å². The van der Waals surface area contributed by atoms with Crippen LogP contribution in [0.3, 0.4) is 0 Å². The number of hydrogen-bond donors (Lipinski definition) is 0. The zero-order valence-electron chi connectivity index (χ0n) is 8.17. The van der Waals surface area contributed by atoms with Gasteiger partial charge in [0, 0.05) is 0 Å². The first-order chi connectivity index (χ1) is 5.83. The normalized spacial score (nSPS) is 8.25. The lowest BCUT2D eigenvalue weighted by Gasteiger charge is -1.95. The van der Waals surface area contributed by atoms with E-state index >= 15 is 0 Å². The van der Waals surface area contributed by atoms with Gasteiger partial charge in [-0.15, -0.1) is 0 Å². The fourth-order valence-electron chi connectivity index (χ4n) is 0.823. The summed E-state index contributed by atoms with van der Waals surface area (Å²) in [4.78, 5) is 3.79. The molecule has 0 fully saturated rings. The molecule has 0 amide bonds. The largest absolute Gasteiger partial charge is 0.296 e. The molecule has 0 spiro atoms. The van der Waals surface area contributed by atoms with E-state index in [9.17, 15) is 0 Å². The smallest absolute Gasteiger partial charge is 0.0632 e. The summed E-state index contributed by atoms with van der Waals surface area (Å²) >= 11 is 0. The molecule has 0 saturated heterocycles. The zero-order chi connectivity index (χ0) is 9.40. The number of rotatable bonds is 2. The summed E-state index contributed by atoms with van der Waals surface area (Å²) in [5.41, 5.74) is 2.51. The van der Waals surface area contributed by atoms with E-state index < -0.39 is 0 Å². The molecule has 1 aromatic rings. The van der Waals surface area contributed by atoms with E-state index in [0.29, 0.717) is 0 Å². The van der Waals surface area contributed by atoms with E-state index in [2.05, 4.69) is 42.9 Å². The molecule has 0 aliphatic heterocycles. The highest BCUT2D eigenvalue weighted by atomic mass is 14.7. The van der Waals surface area contributed by atoms with Crippen LogP contribution < -0.4 is 0 Å². The van der Waals surface area contributed by atoms with Crippen LogP contribution in [-0.2, 0) is 6.54 Å². The van der Waals surface area contributed by atoms with Crippen molar-refractivity contribution in [2.75, 3.05) is 0 Å². The SMILES string of the molecule is C=NCc1ccc(C)cc1.CC. The first-order valence-electron chi connectivity index (χ1n) is 4.31. The van der Waals surface area contributed by atoms with Crippen LogP contribution in [0.2, 0.25) is 0 Å². The van der Waals surface area contributed by atoms with Crippen molar-refractivity contribution in [3.05, 3.63) is 35.4 Å². The lowest BCUT2D eigenvalue weighted by atomic mass is 10.2. The maximum Gasteiger partial charge on any atom is 0.0632 e. The molecule has 0 aliphatic carbocycles. The number of nitrogens with zero attached hydrogens (tertiary/aromatic N) is 1. The van der Waals surface area contributed by atoms with Gasteiger partial charge in [0.15, 0.2) is 0 Å². The molecule has 1 rings (SSSR count). The summed E-state index contributed by atoms with van der Waals surface area (Å²) in [7, 11) is 0. The Hall–Kier alpha value is -1.11. The van der Waals surface area contributed by atoms with Crippen LogP contribution in [-0.4, -0.2) is 6.72 Å². The second-order valence-corrected chi connectivity index (χ2v) is 2.37. The molecule has 0 aromatic heterocycles. The minimum Gasteiger partial charge on any atom is -0.296 e. The van der Waals surface area contributed by atoms with Crippen molar-refractivity contribution in [1.29, 1.82) is 0 Å². The number of aliphatic imine (C=N–C) groups is 1. The van der Waals surface area contributed by atoms with Crippen LogP contribution in [0.25, 0.3) is 0 Å². The highest BCUT2D eigenvalue weighted by Gasteiger charge is 1.86. The molecule has 0 saturated carbocycles. The molecular weight excluding hydrogens is 146 g/mol. The van der Waals surface area contributed by atoms with E-state index in [4.69, 9.17) is 0 Å². The van der Waals surface area contributed by atoms with Crippen molar-refractivity contribution in [3.63, 3.8) is 0 Å². The Morgan fingerprint density at radius 1 is 1.17 bits per heavy atom. The molecule has 0 aliphatic rings. The maximum absolute atomic E-state index is 3.79. The third-order valence-corrected chi connectivity index (χ3v) is 1.41. The zero-order valence-corrected chi connectivity index (χ0v) is 8.17. The van der Waals surface area contributed by atoms with E-state index in [1.54, 1.807) is 0 Å². The molecule has 12 heavy (non-hydrogen) atoms. The average Bonchev–Trinajstić information content (AvgIpc) is 2.13. The van der Waals surface area contributed by atoms with E-state index in [1.165, 1.54) is 11.1 Å². The molecule has 1 nitrogen and oxygen atoms in total. The molecule has 66 valence electrons. The molecule has 1 aromatic carbocycles. The third kappa shape index (κ3) is 3.91. The van der Waals surface area contributed by atoms with Gasteiger partial charge in [0.05, 0.1) is 6.54 Å². The van der Waals surface area contributed by atoms with Gasteiger partial charge >= 0.3 is 0 Å². The quantitative estimate of drug-likeness (QED) is 0.593. The highest BCUT2D eigenvalue weighted by molar-refractivity contribution is 5.26. The van der Waals surface area contributed by atoms with Crippen LogP contribution in [0.5, 0.6) is 0 Å². The third-order valence-electron chi connectivity index (χ3n) is 1.41. The van der Waals surface area contributed by atoms with Gasteiger partial charge in [-0.05, 0) is 19.2 Å². The van der Waals surface area contributed by atoms with Crippen molar-refractivity contribution in [3.8, 4) is 0 Å². The molecule has 1 heteroatoms. The van der Waals surface area contributed by atoms with Gasteiger partial charge in [-0.3, -0.25) is 4.99 Å². The lowest BCUT2D eigenvalue weighted by molar-refractivity contribution is 1.08. The Morgan fingerprint density at radius 2 is 1.67 bits per heavy atom. The van der Waals surface area contributed by atoms with Crippen LogP contribution in [0.1, 0.15) is 25.0 Å². The van der Waals surface area contributed by atoms with E-state index in [0.717, 1.165) is 6.54 Å². The monoisotopic (exact) mass is 163 g/mol. The van der Waals surface area contributed by atoms with Gasteiger partial charge in [-0.2, -0.15) is 0 Å². The molecule has 0 radical (unpaired) electrons. The molecular formula is C11H17N. The Bertz CT molecular complexity index is 211. The standard InChI is InChI=1S/C9H11N.C2H6/c1-8-3-5-9(6-4-8)7-10-2;1-2/h3-6H,2,7H2,1H3;1-2H3. The molecule has 0 atom stereocenters. The summed E-state index contributed by atoms with van der Waals surface area (Å²) < 4.78 is 0.